The van der Waals surface area contributed by atoms with Gasteiger partial charge in [-0.25, -0.2) is 17.5 Å². The quantitative estimate of drug-likeness (QED) is 0.816. The van der Waals surface area contributed by atoms with Gasteiger partial charge < -0.3 is 10.6 Å². The normalized spacial score (nSPS) is 13.8. The van der Waals surface area contributed by atoms with Crippen LogP contribution in [-0.4, -0.2) is 40.0 Å². The highest BCUT2D eigenvalue weighted by Gasteiger charge is 2.22. The average molecular weight is 303 g/mol. The van der Waals surface area contributed by atoms with Gasteiger partial charge in [0.1, 0.15) is 5.82 Å². The van der Waals surface area contributed by atoms with Gasteiger partial charge in [0.15, 0.2) is 0 Å². The first kappa shape index (κ1) is 17.0. The van der Waals surface area contributed by atoms with Crippen LogP contribution in [0.4, 0.5) is 4.39 Å². The van der Waals surface area contributed by atoms with E-state index in [9.17, 15) is 12.8 Å². The van der Waals surface area contributed by atoms with Gasteiger partial charge in [0, 0.05) is 24.7 Å². The zero-order valence-electron chi connectivity index (χ0n) is 12.3. The van der Waals surface area contributed by atoms with Gasteiger partial charge in [0.2, 0.25) is 10.0 Å². The molecule has 0 aliphatic carbocycles. The maximum Gasteiger partial charge on any atom is 0.241 e. The van der Waals surface area contributed by atoms with Crippen molar-refractivity contribution in [1.82, 2.24) is 9.62 Å². The van der Waals surface area contributed by atoms with Crippen LogP contribution in [0.2, 0.25) is 0 Å². The topological polar surface area (TPSA) is 75.4 Å². The van der Waals surface area contributed by atoms with Gasteiger partial charge in [0.05, 0.1) is 4.90 Å². The lowest BCUT2D eigenvalue weighted by atomic mass is 10.1. The molecular formula is C13H22FN3O2S. The van der Waals surface area contributed by atoms with Crippen molar-refractivity contribution < 1.29 is 12.8 Å². The maximum absolute atomic E-state index is 13.7. The van der Waals surface area contributed by atoms with Crippen LogP contribution >= 0.6 is 0 Å². The van der Waals surface area contributed by atoms with Gasteiger partial charge in [-0.15, -0.1) is 0 Å². The number of nitrogens with two attached hydrogens (primary N) is 1. The van der Waals surface area contributed by atoms with Crippen molar-refractivity contribution >= 4 is 10.0 Å². The smallest absolute Gasteiger partial charge is 0.241 e. The molecule has 0 heterocycles. The van der Waals surface area contributed by atoms with E-state index in [-0.39, 0.29) is 23.0 Å². The second kappa shape index (κ2) is 6.62. The number of likely N-dealkylation sites (N-methyl/N-ethyl adjacent to an activating group) is 1. The third-order valence-electron chi connectivity index (χ3n) is 2.88. The molecule has 0 spiro atoms. The molecule has 1 atom stereocenters. The SMILES string of the molecule is Cc1c(F)cc(CN)cc1S(=O)(=O)NC(C)CN(C)C. The zero-order valence-corrected chi connectivity index (χ0v) is 13.1. The monoisotopic (exact) mass is 303 g/mol. The zero-order chi connectivity index (χ0) is 15.5. The largest absolute Gasteiger partial charge is 0.326 e. The molecule has 0 saturated heterocycles. The summed E-state index contributed by atoms with van der Waals surface area (Å²) in [6.45, 7) is 3.85. The van der Waals surface area contributed by atoms with Crippen molar-refractivity contribution in [2.24, 2.45) is 5.73 Å². The van der Waals surface area contributed by atoms with E-state index in [0.717, 1.165) is 0 Å². The van der Waals surface area contributed by atoms with Crippen LogP contribution in [-0.2, 0) is 16.6 Å². The van der Waals surface area contributed by atoms with E-state index in [1.54, 1.807) is 6.92 Å². The van der Waals surface area contributed by atoms with Crippen molar-refractivity contribution in [1.29, 1.82) is 0 Å². The van der Waals surface area contributed by atoms with Crippen molar-refractivity contribution in [2.75, 3.05) is 20.6 Å². The molecule has 0 fully saturated rings. The van der Waals surface area contributed by atoms with Gasteiger partial charge in [-0.2, -0.15) is 0 Å². The molecule has 1 aromatic rings. The molecule has 114 valence electrons. The van der Waals surface area contributed by atoms with Gasteiger partial charge in [0.25, 0.3) is 0 Å². The Bertz CT molecular complexity index is 573. The fraction of sp³-hybridized carbons (Fsp3) is 0.538. The number of rotatable bonds is 6. The maximum atomic E-state index is 13.7. The second-order valence-electron chi connectivity index (χ2n) is 5.19. The molecule has 0 aliphatic rings. The van der Waals surface area contributed by atoms with E-state index in [1.165, 1.54) is 19.1 Å². The molecule has 1 aromatic carbocycles. The molecule has 1 unspecified atom stereocenters. The van der Waals surface area contributed by atoms with E-state index in [1.807, 2.05) is 19.0 Å². The van der Waals surface area contributed by atoms with E-state index in [2.05, 4.69) is 4.72 Å². The Morgan fingerprint density at radius 2 is 2.00 bits per heavy atom. The van der Waals surface area contributed by atoms with E-state index in [0.29, 0.717) is 12.1 Å². The molecular weight excluding hydrogens is 281 g/mol. The standard InChI is InChI=1S/C13H22FN3O2S/c1-9(8-17(3)4)16-20(18,19)13-6-11(7-15)5-12(14)10(13)2/h5-6,9,16H,7-8,15H2,1-4H3. The number of nitrogens with one attached hydrogen (secondary N) is 1. The van der Waals surface area contributed by atoms with Crippen molar-refractivity contribution in [3.05, 3.63) is 29.1 Å². The van der Waals surface area contributed by atoms with E-state index in [4.69, 9.17) is 5.73 Å². The van der Waals surface area contributed by atoms with E-state index >= 15 is 0 Å². The molecule has 0 saturated carbocycles. The van der Waals surface area contributed by atoms with Gasteiger partial charge >= 0.3 is 0 Å². The highest BCUT2D eigenvalue weighted by atomic mass is 32.2. The molecule has 0 bridgehead atoms. The Hall–Kier alpha value is -1.02. The molecule has 5 nitrogen and oxygen atoms in total. The van der Waals surface area contributed by atoms with Gasteiger partial charge in [-0.1, -0.05) is 0 Å². The van der Waals surface area contributed by atoms with Crippen LogP contribution in [0.15, 0.2) is 17.0 Å². The highest BCUT2D eigenvalue weighted by molar-refractivity contribution is 7.89. The summed E-state index contributed by atoms with van der Waals surface area (Å²) in [5.74, 6) is -0.561. The predicted octanol–water partition coefficient (Wildman–Crippen LogP) is 0.821. The van der Waals surface area contributed by atoms with Crippen LogP contribution in [0.1, 0.15) is 18.1 Å². The Labute approximate surface area is 120 Å². The number of hydrogen-bond acceptors (Lipinski definition) is 4. The Morgan fingerprint density at radius 3 is 2.50 bits per heavy atom. The van der Waals surface area contributed by atoms with Crippen molar-refractivity contribution in [3.63, 3.8) is 0 Å². The fourth-order valence-electron chi connectivity index (χ4n) is 2.02. The Morgan fingerprint density at radius 1 is 1.40 bits per heavy atom. The summed E-state index contributed by atoms with van der Waals surface area (Å²) < 4.78 is 41.0. The van der Waals surface area contributed by atoms with E-state index < -0.39 is 15.8 Å². The number of hydrogen-bond donors (Lipinski definition) is 2. The van der Waals surface area contributed by atoms with Crippen molar-refractivity contribution in [2.45, 2.75) is 31.3 Å². The Balaban J connectivity index is 3.12. The summed E-state index contributed by atoms with van der Waals surface area (Å²) >= 11 is 0. The lowest BCUT2D eigenvalue weighted by molar-refractivity contribution is 0.370. The molecule has 1 rings (SSSR count). The molecule has 3 N–H and O–H groups in total. The predicted molar refractivity (Wildman–Crippen MR) is 77.4 cm³/mol. The molecule has 0 amide bonds. The lowest BCUT2D eigenvalue weighted by Crippen LogP contribution is -2.39. The first-order chi connectivity index (χ1) is 9.17. The Kier molecular flexibility index (Phi) is 5.64. The third kappa shape index (κ3) is 4.24. The third-order valence-corrected chi connectivity index (χ3v) is 4.59. The van der Waals surface area contributed by atoms with Crippen LogP contribution in [0.3, 0.4) is 0 Å². The fourth-order valence-corrected chi connectivity index (χ4v) is 3.56. The average Bonchev–Trinajstić information content (AvgIpc) is 2.30. The highest BCUT2D eigenvalue weighted by Crippen LogP contribution is 2.20. The molecule has 0 aliphatic heterocycles. The van der Waals surface area contributed by atoms with Crippen LogP contribution in [0, 0.1) is 12.7 Å². The summed E-state index contributed by atoms with van der Waals surface area (Å²) in [5, 5.41) is 0. The molecule has 20 heavy (non-hydrogen) atoms. The van der Waals surface area contributed by atoms with Gasteiger partial charge in [-0.05, 0) is 45.6 Å². The summed E-state index contributed by atoms with van der Waals surface area (Å²) in [6, 6.07) is 2.40. The number of sulfonamides is 1. The first-order valence-corrected chi connectivity index (χ1v) is 7.82. The number of halogens is 1. The lowest BCUT2D eigenvalue weighted by Gasteiger charge is -2.19. The van der Waals surface area contributed by atoms with Crippen LogP contribution < -0.4 is 10.5 Å². The van der Waals surface area contributed by atoms with Gasteiger partial charge in [-0.3, -0.25) is 0 Å². The van der Waals surface area contributed by atoms with Crippen molar-refractivity contribution in [3.8, 4) is 0 Å². The minimum absolute atomic E-state index is 0.0523. The number of nitrogens with zero attached hydrogens (tertiary/aromatic N) is 1. The minimum atomic E-state index is -3.76. The second-order valence-corrected chi connectivity index (χ2v) is 6.87. The summed E-state index contributed by atoms with van der Waals surface area (Å²) in [5.41, 5.74) is 6.02. The molecule has 0 radical (unpaired) electrons. The summed E-state index contributed by atoms with van der Waals surface area (Å²) in [7, 11) is -0.0592. The first-order valence-electron chi connectivity index (χ1n) is 6.33. The summed E-state index contributed by atoms with van der Waals surface area (Å²) in [6.07, 6.45) is 0. The molecule has 0 aromatic heterocycles. The minimum Gasteiger partial charge on any atom is -0.326 e. The van der Waals surface area contributed by atoms with Crippen LogP contribution in [0.5, 0.6) is 0 Å². The number of benzene rings is 1. The summed E-state index contributed by atoms with van der Waals surface area (Å²) in [4.78, 5) is 1.82. The molecule has 7 heteroatoms. The van der Waals surface area contributed by atoms with Crippen LogP contribution in [0.25, 0.3) is 0 Å².